The molecule has 1 amide bonds. The number of rotatable bonds is 3. The summed E-state index contributed by atoms with van der Waals surface area (Å²) in [5, 5.41) is 6.81. The topological polar surface area (TPSA) is 102 Å². The van der Waals surface area contributed by atoms with Crippen LogP contribution >= 0.6 is 0 Å². The fraction of sp³-hybridized carbons (Fsp3) is 0. The molecule has 2 aromatic heterocycles. The molecule has 4 N–H and O–H groups in total. The molecule has 0 spiro atoms. The van der Waals surface area contributed by atoms with E-state index in [4.69, 9.17) is 5.73 Å². The zero-order valence-electron chi connectivity index (χ0n) is 10.4. The molecule has 0 aliphatic rings. The van der Waals surface area contributed by atoms with Gasteiger partial charge < -0.3 is 10.7 Å². The maximum absolute atomic E-state index is 12.0. The molecule has 0 fully saturated rings. The summed E-state index contributed by atoms with van der Waals surface area (Å²) in [6.07, 6.45) is 4.86. The van der Waals surface area contributed by atoms with Gasteiger partial charge in [0.05, 0.1) is 11.4 Å². The summed E-state index contributed by atoms with van der Waals surface area (Å²) in [6.45, 7) is 0. The fourth-order valence-electron chi connectivity index (χ4n) is 1.78. The normalized spacial score (nSPS) is 10.4. The largest absolute Gasteiger partial charge is 0.397 e. The highest BCUT2D eigenvalue weighted by atomic mass is 16.2. The summed E-state index contributed by atoms with van der Waals surface area (Å²) in [5.41, 5.74) is 7.47. The summed E-state index contributed by atoms with van der Waals surface area (Å²) >= 11 is 0. The van der Waals surface area contributed by atoms with Crippen molar-refractivity contribution >= 4 is 17.5 Å². The van der Waals surface area contributed by atoms with Crippen LogP contribution in [0.2, 0.25) is 0 Å². The Kier molecular flexibility index (Phi) is 2.92. The lowest BCUT2D eigenvalue weighted by Crippen LogP contribution is -2.14. The number of amides is 1. The predicted molar refractivity (Wildman–Crippen MR) is 74.5 cm³/mol. The van der Waals surface area contributed by atoms with Gasteiger partial charge in [-0.05, 0) is 18.2 Å². The number of hydrogen-bond acceptors (Lipinski definition) is 4. The molecule has 0 radical (unpaired) electrons. The minimum Gasteiger partial charge on any atom is -0.397 e. The van der Waals surface area contributed by atoms with E-state index in [0.717, 1.165) is 5.69 Å². The van der Waals surface area contributed by atoms with Crippen molar-refractivity contribution in [3.8, 4) is 5.69 Å². The van der Waals surface area contributed by atoms with E-state index in [-0.39, 0.29) is 11.6 Å². The summed E-state index contributed by atoms with van der Waals surface area (Å²) in [7, 11) is 0. The molecule has 3 aromatic rings. The molecule has 3 rings (SSSR count). The molecule has 0 saturated heterocycles. The van der Waals surface area contributed by atoms with Crippen LogP contribution < -0.4 is 11.1 Å². The SMILES string of the molecule is Nc1ccccc1-n1ccc(C(=O)Nc2ncc[nH]2)n1. The van der Waals surface area contributed by atoms with E-state index in [2.05, 4.69) is 20.4 Å². The van der Waals surface area contributed by atoms with Gasteiger partial charge in [-0.15, -0.1) is 0 Å². The quantitative estimate of drug-likeness (QED) is 0.625. The third kappa shape index (κ3) is 2.24. The summed E-state index contributed by atoms with van der Waals surface area (Å²) < 4.78 is 1.56. The van der Waals surface area contributed by atoms with Gasteiger partial charge in [-0.1, -0.05) is 12.1 Å². The molecule has 1 aromatic carbocycles. The number of anilines is 2. The van der Waals surface area contributed by atoms with Crippen LogP contribution in [-0.4, -0.2) is 25.7 Å². The first-order valence-electron chi connectivity index (χ1n) is 5.95. The first-order valence-corrected chi connectivity index (χ1v) is 5.95. The van der Waals surface area contributed by atoms with E-state index in [1.807, 2.05) is 18.2 Å². The van der Waals surface area contributed by atoms with Crippen molar-refractivity contribution in [3.63, 3.8) is 0 Å². The second kappa shape index (κ2) is 4.88. The minimum atomic E-state index is -0.340. The highest BCUT2D eigenvalue weighted by molar-refractivity contribution is 6.01. The number of nitrogens with zero attached hydrogens (tertiary/aromatic N) is 3. The van der Waals surface area contributed by atoms with E-state index in [9.17, 15) is 4.79 Å². The third-order valence-electron chi connectivity index (χ3n) is 2.74. The second-order valence-corrected chi connectivity index (χ2v) is 4.10. The molecular weight excluding hydrogens is 256 g/mol. The van der Waals surface area contributed by atoms with E-state index < -0.39 is 0 Å². The summed E-state index contributed by atoms with van der Waals surface area (Å²) in [6, 6.07) is 8.92. The number of H-pyrrole nitrogens is 1. The number of nitrogens with two attached hydrogens (primary N) is 1. The standard InChI is InChI=1S/C13H12N6O/c14-9-3-1-2-4-11(9)19-8-5-10(18-19)12(20)17-13-15-6-7-16-13/h1-8H,14H2,(H2,15,16,17,20). The van der Waals surface area contributed by atoms with Gasteiger partial charge in [0.1, 0.15) is 0 Å². The van der Waals surface area contributed by atoms with Gasteiger partial charge in [-0.3, -0.25) is 10.1 Å². The Morgan fingerprint density at radius 3 is 2.90 bits per heavy atom. The smallest absolute Gasteiger partial charge is 0.278 e. The van der Waals surface area contributed by atoms with Crippen molar-refractivity contribution in [1.82, 2.24) is 19.7 Å². The highest BCUT2D eigenvalue weighted by Crippen LogP contribution is 2.15. The van der Waals surface area contributed by atoms with Gasteiger partial charge in [0, 0.05) is 18.6 Å². The van der Waals surface area contributed by atoms with Crippen LogP contribution in [0.15, 0.2) is 48.9 Å². The van der Waals surface area contributed by atoms with Gasteiger partial charge in [-0.25, -0.2) is 9.67 Å². The molecule has 0 atom stereocenters. The Hall–Kier alpha value is -3.09. The molecule has 0 aliphatic heterocycles. The van der Waals surface area contributed by atoms with Crippen LogP contribution in [0.3, 0.4) is 0 Å². The van der Waals surface area contributed by atoms with Crippen LogP contribution in [0.4, 0.5) is 11.6 Å². The third-order valence-corrected chi connectivity index (χ3v) is 2.74. The Bertz CT molecular complexity index is 731. The number of imidazole rings is 1. The van der Waals surface area contributed by atoms with Gasteiger partial charge in [0.15, 0.2) is 5.69 Å². The molecule has 100 valence electrons. The number of nitrogen functional groups attached to an aromatic ring is 1. The maximum atomic E-state index is 12.0. The van der Waals surface area contributed by atoms with Gasteiger partial charge in [0.25, 0.3) is 5.91 Å². The van der Waals surface area contributed by atoms with Crippen LogP contribution in [-0.2, 0) is 0 Å². The number of hydrogen-bond donors (Lipinski definition) is 3. The lowest BCUT2D eigenvalue weighted by Gasteiger charge is -2.04. The van der Waals surface area contributed by atoms with E-state index in [0.29, 0.717) is 11.6 Å². The number of aromatic nitrogens is 4. The number of para-hydroxylation sites is 2. The Morgan fingerprint density at radius 1 is 1.30 bits per heavy atom. The number of benzene rings is 1. The van der Waals surface area contributed by atoms with Gasteiger partial charge >= 0.3 is 0 Å². The van der Waals surface area contributed by atoms with Crippen LogP contribution in [0.1, 0.15) is 10.5 Å². The molecule has 0 unspecified atom stereocenters. The van der Waals surface area contributed by atoms with Crippen LogP contribution in [0.5, 0.6) is 0 Å². The lowest BCUT2D eigenvalue weighted by atomic mass is 10.3. The van der Waals surface area contributed by atoms with Gasteiger partial charge in [-0.2, -0.15) is 5.10 Å². The summed E-state index contributed by atoms with van der Waals surface area (Å²) in [5.74, 6) is 0.0389. The number of aromatic amines is 1. The van der Waals surface area contributed by atoms with Crippen molar-refractivity contribution in [3.05, 3.63) is 54.6 Å². The van der Waals surface area contributed by atoms with Crippen molar-refractivity contribution in [2.24, 2.45) is 0 Å². The van der Waals surface area contributed by atoms with E-state index >= 15 is 0 Å². The molecule has 0 aliphatic carbocycles. The summed E-state index contributed by atoms with van der Waals surface area (Å²) in [4.78, 5) is 18.7. The highest BCUT2D eigenvalue weighted by Gasteiger charge is 2.12. The Balaban J connectivity index is 1.83. The van der Waals surface area contributed by atoms with Crippen molar-refractivity contribution in [1.29, 1.82) is 0 Å². The molecule has 7 nitrogen and oxygen atoms in total. The van der Waals surface area contributed by atoms with Crippen LogP contribution in [0, 0.1) is 0 Å². The molecule has 7 heteroatoms. The average molecular weight is 268 g/mol. The van der Waals surface area contributed by atoms with E-state index in [1.165, 1.54) is 0 Å². The average Bonchev–Trinajstić information content (AvgIpc) is 3.10. The number of nitrogens with one attached hydrogen (secondary N) is 2. The van der Waals surface area contributed by atoms with Crippen molar-refractivity contribution in [2.75, 3.05) is 11.1 Å². The molecule has 0 saturated carbocycles. The van der Waals surface area contributed by atoms with Gasteiger partial charge in [0.2, 0.25) is 5.95 Å². The number of carbonyl (C=O) groups is 1. The van der Waals surface area contributed by atoms with Crippen molar-refractivity contribution < 1.29 is 4.79 Å². The Labute approximate surface area is 114 Å². The first kappa shape index (κ1) is 12.0. The lowest BCUT2D eigenvalue weighted by molar-refractivity contribution is 0.102. The predicted octanol–water partition coefficient (Wildman–Crippen LogP) is 1.43. The molecule has 20 heavy (non-hydrogen) atoms. The number of carbonyl (C=O) groups excluding carboxylic acids is 1. The zero-order chi connectivity index (χ0) is 13.9. The Morgan fingerprint density at radius 2 is 2.15 bits per heavy atom. The monoisotopic (exact) mass is 268 g/mol. The second-order valence-electron chi connectivity index (χ2n) is 4.10. The van der Waals surface area contributed by atoms with Crippen molar-refractivity contribution in [2.45, 2.75) is 0 Å². The van der Waals surface area contributed by atoms with Crippen LogP contribution in [0.25, 0.3) is 5.69 Å². The minimum absolute atomic E-state index is 0.282. The molecule has 2 heterocycles. The van der Waals surface area contributed by atoms with E-state index in [1.54, 1.807) is 35.4 Å². The molecule has 0 bridgehead atoms. The zero-order valence-corrected chi connectivity index (χ0v) is 10.4. The maximum Gasteiger partial charge on any atom is 0.278 e. The molecular formula is C13H12N6O. The fourth-order valence-corrected chi connectivity index (χ4v) is 1.78. The first-order chi connectivity index (χ1) is 9.74.